The number of nitrogens with zero attached hydrogens (tertiary/aromatic N) is 2. The van der Waals surface area contributed by atoms with E-state index in [0.29, 0.717) is 12.8 Å². The van der Waals surface area contributed by atoms with Crippen molar-refractivity contribution in [2.45, 2.75) is 45.3 Å². The highest BCUT2D eigenvalue weighted by atomic mass is 16.3. The van der Waals surface area contributed by atoms with Crippen molar-refractivity contribution in [3.63, 3.8) is 0 Å². The molecule has 1 aromatic heterocycles. The first-order valence-corrected chi connectivity index (χ1v) is 9.87. The van der Waals surface area contributed by atoms with Crippen LogP contribution in [0.25, 0.3) is 5.69 Å². The number of aliphatic hydroxyl groups is 2. The van der Waals surface area contributed by atoms with Gasteiger partial charge in [-0.05, 0) is 38.8 Å². The number of hydrogen-bond acceptors (Lipinski definition) is 5. The summed E-state index contributed by atoms with van der Waals surface area (Å²) in [4.78, 5) is 24.7. The van der Waals surface area contributed by atoms with Gasteiger partial charge in [-0.25, -0.2) is 4.68 Å². The molecule has 1 aromatic carbocycles. The Kier molecular flexibility index (Phi) is 6.66. The lowest BCUT2D eigenvalue weighted by Gasteiger charge is -2.16. The summed E-state index contributed by atoms with van der Waals surface area (Å²) >= 11 is 0. The fraction of sp³-hybridized carbons (Fsp3) is 0.476. The SMILES string of the molecule is Cc1nn(-c2ccccc2)c(C)c1CC(=O)N[C@@H]1C[C@H](C(=O)NCCO)C[C@H]1O. The largest absolute Gasteiger partial charge is 0.395 e. The average molecular weight is 400 g/mol. The molecule has 1 heterocycles. The van der Waals surface area contributed by atoms with E-state index < -0.39 is 12.1 Å². The highest BCUT2D eigenvalue weighted by Crippen LogP contribution is 2.27. The molecular weight excluding hydrogens is 372 g/mol. The van der Waals surface area contributed by atoms with Crippen LogP contribution in [0.4, 0.5) is 0 Å². The fourth-order valence-corrected chi connectivity index (χ4v) is 3.88. The predicted molar refractivity (Wildman–Crippen MR) is 107 cm³/mol. The minimum absolute atomic E-state index is 0.128. The quantitative estimate of drug-likeness (QED) is 0.537. The van der Waals surface area contributed by atoms with Gasteiger partial charge in [0.05, 0.1) is 36.6 Å². The van der Waals surface area contributed by atoms with E-state index in [0.717, 1.165) is 22.6 Å². The summed E-state index contributed by atoms with van der Waals surface area (Å²) in [5, 5.41) is 29.1. The second-order valence-corrected chi connectivity index (χ2v) is 7.50. The minimum Gasteiger partial charge on any atom is -0.395 e. The molecule has 1 aliphatic rings. The number of para-hydroxylation sites is 1. The number of carbonyl (C=O) groups is 2. The number of benzene rings is 1. The van der Waals surface area contributed by atoms with Crippen LogP contribution < -0.4 is 10.6 Å². The van der Waals surface area contributed by atoms with E-state index in [1.165, 1.54) is 0 Å². The van der Waals surface area contributed by atoms with E-state index in [1.54, 1.807) is 0 Å². The smallest absolute Gasteiger partial charge is 0.224 e. The maximum Gasteiger partial charge on any atom is 0.224 e. The molecule has 0 radical (unpaired) electrons. The molecule has 0 spiro atoms. The number of aryl methyl sites for hydroxylation is 1. The Morgan fingerprint density at radius 2 is 1.93 bits per heavy atom. The number of rotatable bonds is 7. The van der Waals surface area contributed by atoms with Gasteiger partial charge >= 0.3 is 0 Å². The first-order chi connectivity index (χ1) is 13.9. The van der Waals surface area contributed by atoms with Crippen LogP contribution in [-0.4, -0.2) is 57.1 Å². The molecule has 0 saturated heterocycles. The van der Waals surface area contributed by atoms with Gasteiger partial charge in [-0.3, -0.25) is 9.59 Å². The summed E-state index contributed by atoms with van der Waals surface area (Å²) in [6.07, 6.45) is 0.0743. The summed E-state index contributed by atoms with van der Waals surface area (Å²) in [6, 6.07) is 9.27. The van der Waals surface area contributed by atoms with E-state index in [9.17, 15) is 14.7 Å². The van der Waals surface area contributed by atoms with E-state index >= 15 is 0 Å². The maximum atomic E-state index is 12.6. The molecule has 2 amide bonds. The molecule has 3 rings (SSSR count). The van der Waals surface area contributed by atoms with Crippen LogP contribution in [0.15, 0.2) is 30.3 Å². The van der Waals surface area contributed by atoms with Crippen molar-refractivity contribution in [2.24, 2.45) is 5.92 Å². The molecule has 2 aromatic rings. The van der Waals surface area contributed by atoms with Crippen LogP contribution in [0.2, 0.25) is 0 Å². The topological polar surface area (TPSA) is 116 Å². The Balaban J connectivity index is 1.63. The van der Waals surface area contributed by atoms with Crippen molar-refractivity contribution < 1.29 is 19.8 Å². The number of nitrogens with one attached hydrogen (secondary N) is 2. The van der Waals surface area contributed by atoms with Crippen molar-refractivity contribution in [3.8, 4) is 5.69 Å². The average Bonchev–Trinajstić information content (AvgIpc) is 3.21. The fourth-order valence-electron chi connectivity index (χ4n) is 3.88. The van der Waals surface area contributed by atoms with Gasteiger partial charge < -0.3 is 20.8 Å². The molecule has 0 aliphatic heterocycles. The zero-order valence-corrected chi connectivity index (χ0v) is 16.8. The summed E-state index contributed by atoms with van der Waals surface area (Å²) in [5.41, 5.74) is 3.48. The Hall–Kier alpha value is -2.71. The lowest BCUT2D eigenvalue weighted by atomic mass is 10.1. The molecule has 1 aliphatic carbocycles. The van der Waals surface area contributed by atoms with Gasteiger partial charge in [0, 0.05) is 23.7 Å². The minimum atomic E-state index is -0.766. The molecule has 3 atom stereocenters. The second kappa shape index (κ2) is 9.19. The summed E-state index contributed by atoms with van der Waals surface area (Å²) in [6.45, 7) is 3.87. The van der Waals surface area contributed by atoms with Crippen molar-refractivity contribution in [2.75, 3.05) is 13.2 Å². The first-order valence-electron chi connectivity index (χ1n) is 9.87. The summed E-state index contributed by atoms with van der Waals surface area (Å²) < 4.78 is 1.82. The van der Waals surface area contributed by atoms with Crippen molar-refractivity contribution >= 4 is 11.8 Å². The van der Waals surface area contributed by atoms with Gasteiger partial charge in [0.1, 0.15) is 0 Å². The third-order valence-corrected chi connectivity index (χ3v) is 5.44. The summed E-state index contributed by atoms with van der Waals surface area (Å²) in [5.74, 6) is -0.777. The highest BCUT2D eigenvalue weighted by Gasteiger charge is 2.37. The molecule has 1 saturated carbocycles. The van der Waals surface area contributed by atoms with Crippen LogP contribution >= 0.6 is 0 Å². The van der Waals surface area contributed by atoms with Crippen LogP contribution in [0, 0.1) is 19.8 Å². The van der Waals surface area contributed by atoms with Crippen LogP contribution in [0.3, 0.4) is 0 Å². The number of hydrogen-bond donors (Lipinski definition) is 4. The molecule has 4 N–H and O–H groups in total. The van der Waals surface area contributed by atoms with Crippen molar-refractivity contribution in [1.82, 2.24) is 20.4 Å². The Morgan fingerprint density at radius 1 is 1.21 bits per heavy atom. The maximum absolute atomic E-state index is 12.6. The van der Waals surface area contributed by atoms with Crippen LogP contribution in [-0.2, 0) is 16.0 Å². The lowest BCUT2D eigenvalue weighted by Crippen LogP contribution is -2.41. The van der Waals surface area contributed by atoms with E-state index in [-0.39, 0.29) is 37.3 Å². The molecule has 156 valence electrons. The van der Waals surface area contributed by atoms with Crippen molar-refractivity contribution in [1.29, 1.82) is 0 Å². The molecule has 0 unspecified atom stereocenters. The molecule has 8 nitrogen and oxygen atoms in total. The standard InChI is InChI=1S/C21H28N4O4/c1-13-17(14(2)25(24-13)16-6-4-3-5-7-16)12-20(28)23-18-10-15(11-19(18)27)21(29)22-8-9-26/h3-7,15,18-19,26-27H,8-12H2,1-2H3,(H,22,29)(H,23,28)/t15-,18+,19+/m0/s1. The number of aromatic nitrogens is 2. The zero-order chi connectivity index (χ0) is 21.0. The van der Waals surface area contributed by atoms with Gasteiger partial charge in [0.2, 0.25) is 11.8 Å². The monoisotopic (exact) mass is 400 g/mol. The third kappa shape index (κ3) is 4.83. The van der Waals surface area contributed by atoms with E-state index in [4.69, 9.17) is 5.11 Å². The van der Waals surface area contributed by atoms with Gasteiger partial charge in [-0.1, -0.05) is 18.2 Å². The van der Waals surface area contributed by atoms with Gasteiger partial charge in [0.25, 0.3) is 0 Å². The Morgan fingerprint density at radius 3 is 2.62 bits per heavy atom. The van der Waals surface area contributed by atoms with Crippen LogP contribution in [0.1, 0.15) is 29.8 Å². The number of aliphatic hydroxyl groups excluding tert-OH is 2. The molecule has 8 heteroatoms. The first kappa shape index (κ1) is 21.0. The zero-order valence-electron chi connectivity index (χ0n) is 16.8. The predicted octanol–water partition coefficient (Wildman–Crippen LogP) is 0.396. The normalized spacial score (nSPS) is 21.2. The van der Waals surface area contributed by atoms with Gasteiger partial charge in [0.15, 0.2) is 0 Å². The molecular formula is C21H28N4O4. The van der Waals surface area contributed by atoms with Gasteiger partial charge in [-0.15, -0.1) is 0 Å². The Labute approximate surface area is 169 Å². The second-order valence-electron chi connectivity index (χ2n) is 7.50. The lowest BCUT2D eigenvalue weighted by molar-refractivity contribution is -0.125. The highest BCUT2D eigenvalue weighted by molar-refractivity contribution is 5.81. The molecule has 29 heavy (non-hydrogen) atoms. The van der Waals surface area contributed by atoms with Gasteiger partial charge in [-0.2, -0.15) is 5.10 Å². The van der Waals surface area contributed by atoms with Crippen LogP contribution in [0.5, 0.6) is 0 Å². The number of carbonyl (C=O) groups excluding carboxylic acids is 2. The third-order valence-electron chi connectivity index (χ3n) is 5.44. The van der Waals surface area contributed by atoms with Crippen molar-refractivity contribution in [3.05, 3.63) is 47.3 Å². The number of amides is 2. The Bertz CT molecular complexity index is 865. The van der Waals surface area contributed by atoms with E-state index in [2.05, 4.69) is 15.7 Å². The molecule has 0 bridgehead atoms. The summed E-state index contributed by atoms with van der Waals surface area (Å²) in [7, 11) is 0. The van der Waals surface area contributed by atoms with E-state index in [1.807, 2.05) is 48.9 Å². The molecule has 1 fully saturated rings.